The maximum absolute atomic E-state index is 4.94. The fraction of sp³-hybridized carbons (Fsp3) is 0.812. The van der Waals surface area contributed by atoms with Crippen LogP contribution in [0.1, 0.15) is 68.9 Å². The molecule has 1 saturated carbocycles. The van der Waals surface area contributed by atoms with Gasteiger partial charge in [0, 0.05) is 24.5 Å². The van der Waals surface area contributed by atoms with Crippen LogP contribution in [0.25, 0.3) is 0 Å². The molecule has 1 N–H and O–H groups in total. The highest BCUT2D eigenvalue weighted by molar-refractivity contribution is 7.15. The summed E-state index contributed by atoms with van der Waals surface area (Å²) in [6.07, 6.45) is 8.22. The van der Waals surface area contributed by atoms with Crippen molar-refractivity contribution in [2.45, 2.75) is 70.9 Å². The molecule has 3 nitrogen and oxygen atoms in total. The van der Waals surface area contributed by atoms with Crippen molar-refractivity contribution in [1.82, 2.24) is 10.3 Å². The summed E-state index contributed by atoms with van der Waals surface area (Å²) in [5.74, 6) is 0.505. The van der Waals surface area contributed by atoms with Gasteiger partial charge in [0.25, 0.3) is 0 Å². The van der Waals surface area contributed by atoms with E-state index in [1.54, 1.807) is 0 Å². The first-order valence-corrected chi connectivity index (χ1v) is 8.82. The van der Waals surface area contributed by atoms with E-state index < -0.39 is 0 Å². The Morgan fingerprint density at radius 1 is 1.25 bits per heavy atom. The quantitative estimate of drug-likeness (QED) is 0.827. The molecule has 0 aliphatic heterocycles. The Bertz CT molecular complexity index is 406. The Balaban J connectivity index is 2.15. The fourth-order valence-electron chi connectivity index (χ4n) is 3.04. The molecule has 2 rings (SSSR count). The molecule has 1 aliphatic carbocycles. The van der Waals surface area contributed by atoms with E-state index in [1.165, 1.54) is 54.2 Å². The van der Waals surface area contributed by atoms with Gasteiger partial charge < -0.3 is 10.2 Å². The van der Waals surface area contributed by atoms with Crippen LogP contribution < -0.4 is 10.2 Å². The van der Waals surface area contributed by atoms with Crippen molar-refractivity contribution in [2.75, 3.05) is 19.0 Å². The molecule has 4 heteroatoms. The van der Waals surface area contributed by atoms with Crippen molar-refractivity contribution >= 4 is 16.5 Å². The van der Waals surface area contributed by atoms with Crippen LogP contribution in [0.5, 0.6) is 0 Å². The van der Waals surface area contributed by atoms with Crippen LogP contribution in [-0.2, 0) is 6.54 Å². The average Bonchev–Trinajstić information content (AvgIpc) is 2.67. The van der Waals surface area contributed by atoms with Gasteiger partial charge in [0.2, 0.25) is 0 Å². The van der Waals surface area contributed by atoms with Crippen LogP contribution in [0, 0.1) is 0 Å². The Morgan fingerprint density at radius 3 is 2.45 bits per heavy atom. The zero-order valence-electron chi connectivity index (χ0n) is 13.4. The molecule has 114 valence electrons. The lowest BCUT2D eigenvalue weighted by atomic mass is 10.1. The number of anilines is 1. The van der Waals surface area contributed by atoms with E-state index in [9.17, 15) is 0 Å². The van der Waals surface area contributed by atoms with Gasteiger partial charge in [-0.2, -0.15) is 0 Å². The molecule has 0 saturated heterocycles. The first-order valence-electron chi connectivity index (χ1n) is 8.00. The largest absolute Gasteiger partial charge is 0.348 e. The maximum Gasteiger partial charge on any atom is 0.185 e. The zero-order valence-corrected chi connectivity index (χ0v) is 14.2. The molecular weight excluding hydrogens is 266 g/mol. The molecule has 1 fully saturated rings. The maximum atomic E-state index is 4.94. The summed E-state index contributed by atoms with van der Waals surface area (Å²) in [6.45, 7) is 5.41. The summed E-state index contributed by atoms with van der Waals surface area (Å²) in [6, 6.07) is 0.686. The van der Waals surface area contributed by atoms with E-state index in [0.29, 0.717) is 12.0 Å². The van der Waals surface area contributed by atoms with Gasteiger partial charge in [-0.25, -0.2) is 4.98 Å². The number of aromatic nitrogens is 1. The van der Waals surface area contributed by atoms with E-state index >= 15 is 0 Å². The summed E-state index contributed by atoms with van der Waals surface area (Å²) in [5, 5.41) is 4.49. The predicted octanol–water partition coefficient (Wildman–Crippen LogP) is 4.14. The standard InChI is InChI=1S/C16H29N3S/c1-12(2)15-14(11-17-3)20-16(18-15)19(4)13-9-7-5-6-8-10-13/h12-13,17H,5-11H2,1-4H3. The molecule has 1 aromatic rings. The molecule has 0 spiro atoms. The number of nitrogens with zero attached hydrogens (tertiary/aromatic N) is 2. The van der Waals surface area contributed by atoms with Crippen LogP contribution in [0.2, 0.25) is 0 Å². The van der Waals surface area contributed by atoms with E-state index in [4.69, 9.17) is 4.98 Å². The fourth-order valence-corrected chi connectivity index (χ4v) is 4.30. The second-order valence-corrected chi connectivity index (χ2v) is 7.31. The molecule has 0 aromatic carbocycles. The number of hydrogen-bond donors (Lipinski definition) is 1. The highest BCUT2D eigenvalue weighted by atomic mass is 32.1. The van der Waals surface area contributed by atoms with Crippen molar-refractivity contribution in [3.05, 3.63) is 10.6 Å². The summed E-state index contributed by atoms with van der Waals surface area (Å²) in [5.41, 5.74) is 1.28. The lowest BCUT2D eigenvalue weighted by Gasteiger charge is -2.26. The summed E-state index contributed by atoms with van der Waals surface area (Å²) >= 11 is 1.87. The van der Waals surface area contributed by atoms with Gasteiger partial charge in [0.15, 0.2) is 5.13 Å². The van der Waals surface area contributed by atoms with Crippen LogP contribution >= 0.6 is 11.3 Å². The van der Waals surface area contributed by atoms with Crippen LogP contribution in [0.15, 0.2) is 0 Å². The Kier molecular flexibility index (Phi) is 5.85. The van der Waals surface area contributed by atoms with Gasteiger partial charge in [0.1, 0.15) is 0 Å². The first kappa shape index (κ1) is 15.8. The number of hydrogen-bond acceptors (Lipinski definition) is 4. The van der Waals surface area contributed by atoms with E-state index in [-0.39, 0.29) is 0 Å². The van der Waals surface area contributed by atoms with Gasteiger partial charge in [-0.3, -0.25) is 0 Å². The molecule has 0 bridgehead atoms. The predicted molar refractivity (Wildman–Crippen MR) is 88.9 cm³/mol. The molecule has 1 aromatic heterocycles. The third kappa shape index (κ3) is 3.73. The third-order valence-corrected chi connectivity index (χ3v) is 5.44. The van der Waals surface area contributed by atoms with Gasteiger partial charge >= 0.3 is 0 Å². The monoisotopic (exact) mass is 295 g/mol. The smallest absolute Gasteiger partial charge is 0.185 e. The van der Waals surface area contributed by atoms with Crippen LogP contribution in [-0.4, -0.2) is 25.1 Å². The number of rotatable bonds is 5. The molecule has 20 heavy (non-hydrogen) atoms. The topological polar surface area (TPSA) is 28.2 Å². The third-order valence-electron chi connectivity index (χ3n) is 4.27. The van der Waals surface area contributed by atoms with Crippen molar-refractivity contribution < 1.29 is 0 Å². The first-order chi connectivity index (χ1) is 9.63. The molecular formula is C16H29N3S. The van der Waals surface area contributed by atoms with E-state index in [0.717, 1.165) is 6.54 Å². The Labute approximate surface area is 127 Å². The SMILES string of the molecule is CNCc1sc(N(C)C2CCCCCC2)nc1C(C)C. The van der Waals surface area contributed by atoms with Crippen molar-refractivity contribution in [2.24, 2.45) is 0 Å². The molecule has 1 heterocycles. The van der Waals surface area contributed by atoms with Crippen molar-refractivity contribution in [3.63, 3.8) is 0 Å². The minimum Gasteiger partial charge on any atom is -0.348 e. The highest BCUT2D eigenvalue weighted by Crippen LogP contribution is 2.33. The summed E-state index contributed by atoms with van der Waals surface area (Å²) in [4.78, 5) is 8.78. The van der Waals surface area contributed by atoms with Crippen molar-refractivity contribution in [1.29, 1.82) is 0 Å². The lowest BCUT2D eigenvalue weighted by molar-refractivity contribution is 0.551. The molecule has 0 atom stereocenters. The Morgan fingerprint density at radius 2 is 1.90 bits per heavy atom. The zero-order chi connectivity index (χ0) is 14.5. The van der Waals surface area contributed by atoms with Gasteiger partial charge in [-0.1, -0.05) is 39.5 Å². The molecule has 0 amide bonds. The van der Waals surface area contributed by atoms with Gasteiger partial charge in [-0.15, -0.1) is 11.3 Å². The second kappa shape index (κ2) is 7.41. The van der Waals surface area contributed by atoms with E-state index in [2.05, 4.69) is 31.1 Å². The number of thiazole rings is 1. The van der Waals surface area contributed by atoms with E-state index in [1.807, 2.05) is 18.4 Å². The minimum atomic E-state index is 0.505. The normalized spacial score (nSPS) is 17.4. The molecule has 0 unspecified atom stereocenters. The van der Waals surface area contributed by atoms with Crippen LogP contribution in [0.4, 0.5) is 5.13 Å². The molecule has 0 radical (unpaired) electrons. The molecule has 1 aliphatic rings. The highest BCUT2D eigenvalue weighted by Gasteiger charge is 2.22. The Hall–Kier alpha value is -0.610. The summed E-state index contributed by atoms with van der Waals surface area (Å²) < 4.78 is 0. The van der Waals surface area contributed by atoms with Crippen molar-refractivity contribution in [3.8, 4) is 0 Å². The van der Waals surface area contributed by atoms with Gasteiger partial charge in [-0.05, 0) is 25.8 Å². The number of nitrogens with one attached hydrogen (secondary N) is 1. The van der Waals surface area contributed by atoms with Gasteiger partial charge in [0.05, 0.1) is 5.69 Å². The minimum absolute atomic E-state index is 0.505. The average molecular weight is 295 g/mol. The second-order valence-electron chi connectivity index (χ2n) is 6.25. The van der Waals surface area contributed by atoms with Crippen LogP contribution in [0.3, 0.4) is 0 Å². The lowest BCUT2D eigenvalue weighted by Crippen LogP contribution is -2.30. The summed E-state index contributed by atoms with van der Waals surface area (Å²) in [7, 11) is 4.25.